The van der Waals surface area contributed by atoms with Crippen molar-refractivity contribution in [3.63, 3.8) is 0 Å². The molecule has 0 bridgehead atoms. The molecule has 82 valence electrons. The number of benzene rings is 1. The van der Waals surface area contributed by atoms with Crippen molar-refractivity contribution in [2.75, 3.05) is 0 Å². The van der Waals surface area contributed by atoms with Crippen molar-refractivity contribution in [1.82, 2.24) is 15.5 Å². The zero-order chi connectivity index (χ0) is 11.2. The largest absolute Gasteiger partial charge is 0.345 e. The van der Waals surface area contributed by atoms with E-state index >= 15 is 0 Å². The van der Waals surface area contributed by atoms with Gasteiger partial charge in [-0.2, -0.15) is 5.10 Å². The minimum Gasteiger partial charge on any atom is -0.345 e. The maximum Gasteiger partial charge on any atom is 0.272 e. The van der Waals surface area contributed by atoms with E-state index in [0.717, 1.165) is 23.7 Å². The fraction of sp³-hybridized carbons (Fsp3) is 0.333. The highest BCUT2D eigenvalue weighted by Gasteiger charge is 2.39. The number of amides is 1. The molecule has 1 aromatic heterocycles. The minimum absolute atomic E-state index is 0.00284. The Morgan fingerprint density at radius 1 is 1.44 bits per heavy atom. The Kier molecular flexibility index (Phi) is 1.80. The number of hydrogen-bond acceptors (Lipinski definition) is 2. The van der Waals surface area contributed by atoms with E-state index < -0.39 is 0 Å². The standard InChI is InChI=1S/C12H13N3O/c1-12(6-7-12)13-11(16)10-8-4-2-3-5-9(8)14-15-10/h2-5H,6-7H2,1H3,(H,13,16)(H,14,15). The van der Waals surface area contributed by atoms with E-state index in [-0.39, 0.29) is 11.4 Å². The highest BCUT2D eigenvalue weighted by atomic mass is 16.2. The summed E-state index contributed by atoms with van der Waals surface area (Å²) in [5, 5.41) is 10.8. The summed E-state index contributed by atoms with van der Waals surface area (Å²) in [5.74, 6) is -0.0857. The van der Waals surface area contributed by atoms with E-state index in [1.807, 2.05) is 24.3 Å². The molecule has 1 heterocycles. The predicted octanol–water partition coefficient (Wildman–Crippen LogP) is 1.85. The number of fused-ring (bicyclic) bond motifs is 1. The van der Waals surface area contributed by atoms with Crippen LogP contribution in [0, 0.1) is 0 Å². The Morgan fingerprint density at radius 2 is 2.19 bits per heavy atom. The summed E-state index contributed by atoms with van der Waals surface area (Å²) in [6.07, 6.45) is 2.11. The fourth-order valence-electron chi connectivity index (χ4n) is 1.78. The lowest BCUT2D eigenvalue weighted by Gasteiger charge is -2.09. The van der Waals surface area contributed by atoms with Gasteiger partial charge in [0, 0.05) is 10.9 Å². The van der Waals surface area contributed by atoms with E-state index in [1.165, 1.54) is 0 Å². The first-order valence-electron chi connectivity index (χ1n) is 5.44. The average Bonchev–Trinajstić information content (AvgIpc) is 2.84. The fourth-order valence-corrected chi connectivity index (χ4v) is 1.78. The molecular weight excluding hydrogens is 202 g/mol. The number of para-hydroxylation sites is 1. The molecule has 0 spiro atoms. The van der Waals surface area contributed by atoms with Gasteiger partial charge in [-0.25, -0.2) is 0 Å². The average molecular weight is 215 g/mol. The van der Waals surface area contributed by atoms with Crippen LogP contribution in [0.1, 0.15) is 30.3 Å². The number of nitrogens with zero attached hydrogens (tertiary/aromatic N) is 1. The van der Waals surface area contributed by atoms with Gasteiger partial charge in [-0.3, -0.25) is 9.89 Å². The molecule has 1 fully saturated rings. The number of hydrogen-bond donors (Lipinski definition) is 2. The minimum atomic E-state index is -0.0857. The Bertz CT molecular complexity index is 554. The molecule has 1 amide bonds. The van der Waals surface area contributed by atoms with Crippen molar-refractivity contribution in [2.24, 2.45) is 0 Å². The summed E-state index contributed by atoms with van der Waals surface area (Å²) in [6, 6.07) is 7.65. The predicted molar refractivity (Wildman–Crippen MR) is 61.2 cm³/mol. The first-order valence-corrected chi connectivity index (χ1v) is 5.44. The molecule has 3 rings (SSSR count). The summed E-state index contributed by atoms with van der Waals surface area (Å²) < 4.78 is 0. The van der Waals surface area contributed by atoms with Crippen LogP contribution in [0.4, 0.5) is 0 Å². The van der Waals surface area contributed by atoms with Gasteiger partial charge in [-0.1, -0.05) is 18.2 Å². The second-order valence-corrected chi connectivity index (χ2v) is 4.63. The van der Waals surface area contributed by atoms with Gasteiger partial charge < -0.3 is 5.32 Å². The van der Waals surface area contributed by atoms with Crippen LogP contribution in [-0.4, -0.2) is 21.6 Å². The van der Waals surface area contributed by atoms with Crippen molar-refractivity contribution in [2.45, 2.75) is 25.3 Å². The molecule has 0 unspecified atom stereocenters. The van der Waals surface area contributed by atoms with Crippen LogP contribution in [0.15, 0.2) is 24.3 Å². The van der Waals surface area contributed by atoms with Gasteiger partial charge in [0.25, 0.3) is 5.91 Å². The molecule has 2 aromatic rings. The summed E-state index contributed by atoms with van der Waals surface area (Å²) in [7, 11) is 0. The van der Waals surface area contributed by atoms with Gasteiger partial charge in [0.15, 0.2) is 5.69 Å². The third-order valence-electron chi connectivity index (χ3n) is 3.10. The van der Waals surface area contributed by atoms with Crippen LogP contribution in [0.25, 0.3) is 10.9 Å². The normalized spacial score (nSPS) is 17.3. The van der Waals surface area contributed by atoms with E-state index in [9.17, 15) is 4.79 Å². The molecule has 1 aliphatic carbocycles. The third kappa shape index (κ3) is 1.46. The van der Waals surface area contributed by atoms with E-state index in [2.05, 4.69) is 22.4 Å². The van der Waals surface area contributed by atoms with Crippen LogP contribution in [-0.2, 0) is 0 Å². The lowest BCUT2D eigenvalue weighted by molar-refractivity contribution is 0.0932. The van der Waals surface area contributed by atoms with E-state index in [1.54, 1.807) is 0 Å². The number of aromatic nitrogens is 2. The molecule has 1 saturated carbocycles. The van der Waals surface area contributed by atoms with Crippen LogP contribution < -0.4 is 5.32 Å². The zero-order valence-electron chi connectivity index (χ0n) is 9.08. The summed E-state index contributed by atoms with van der Waals surface area (Å²) in [4.78, 5) is 12.0. The number of rotatable bonds is 2. The van der Waals surface area contributed by atoms with Gasteiger partial charge in [0.05, 0.1) is 5.52 Å². The van der Waals surface area contributed by atoms with Crippen molar-refractivity contribution >= 4 is 16.8 Å². The zero-order valence-corrected chi connectivity index (χ0v) is 9.08. The summed E-state index contributed by atoms with van der Waals surface area (Å²) in [5.41, 5.74) is 1.38. The SMILES string of the molecule is CC1(NC(=O)c2n[nH]c3ccccc23)CC1. The molecule has 4 heteroatoms. The van der Waals surface area contributed by atoms with E-state index in [0.29, 0.717) is 5.69 Å². The maximum atomic E-state index is 12.0. The number of carbonyl (C=O) groups excluding carboxylic acids is 1. The van der Waals surface area contributed by atoms with Crippen LogP contribution in [0.3, 0.4) is 0 Å². The number of carbonyl (C=O) groups is 1. The van der Waals surface area contributed by atoms with Gasteiger partial charge in [-0.05, 0) is 25.8 Å². The topological polar surface area (TPSA) is 57.8 Å². The molecule has 0 aliphatic heterocycles. The number of aromatic amines is 1. The van der Waals surface area contributed by atoms with Crippen LogP contribution >= 0.6 is 0 Å². The molecule has 1 aromatic carbocycles. The Hall–Kier alpha value is -1.84. The van der Waals surface area contributed by atoms with Gasteiger partial charge in [-0.15, -0.1) is 0 Å². The first-order chi connectivity index (χ1) is 7.68. The van der Waals surface area contributed by atoms with Gasteiger partial charge in [0.2, 0.25) is 0 Å². The molecule has 2 N–H and O–H groups in total. The van der Waals surface area contributed by atoms with Crippen molar-refractivity contribution < 1.29 is 4.79 Å². The Morgan fingerprint density at radius 3 is 2.94 bits per heavy atom. The Labute approximate surface area is 93.0 Å². The van der Waals surface area contributed by atoms with Crippen LogP contribution in [0.5, 0.6) is 0 Å². The lowest BCUT2D eigenvalue weighted by Crippen LogP contribution is -2.34. The maximum absolute atomic E-state index is 12.0. The molecule has 0 atom stereocenters. The molecule has 16 heavy (non-hydrogen) atoms. The second-order valence-electron chi connectivity index (χ2n) is 4.63. The quantitative estimate of drug-likeness (QED) is 0.803. The molecule has 0 saturated heterocycles. The highest BCUT2D eigenvalue weighted by Crippen LogP contribution is 2.34. The van der Waals surface area contributed by atoms with Gasteiger partial charge in [0.1, 0.15) is 0 Å². The molecule has 1 aliphatic rings. The van der Waals surface area contributed by atoms with Crippen molar-refractivity contribution in [3.05, 3.63) is 30.0 Å². The molecular formula is C12H13N3O. The van der Waals surface area contributed by atoms with Crippen molar-refractivity contribution in [1.29, 1.82) is 0 Å². The summed E-state index contributed by atoms with van der Waals surface area (Å²) in [6.45, 7) is 2.06. The second kappa shape index (κ2) is 3.07. The lowest BCUT2D eigenvalue weighted by atomic mass is 10.2. The molecule has 4 nitrogen and oxygen atoms in total. The Balaban J connectivity index is 1.96. The third-order valence-corrected chi connectivity index (χ3v) is 3.10. The smallest absolute Gasteiger partial charge is 0.272 e. The number of nitrogens with one attached hydrogen (secondary N) is 2. The first kappa shape index (κ1) is 9.39. The van der Waals surface area contributed by atoms with E-state index in [4.69, 9.17) is 0 Å². The monoisotopic (exact) mass is 215 g/mol. The summed E-state index contributed by atoms with van der Waals surface area (Å²) >= 11 is 0. The van der Waals surface area contributed by atoms with Crippen LogP contribution in [0.2, 0.25) is 0 Å². The van der Waals surface area contributed by atoms with Gasteiger partial charge >= 0.3 is 0 Å². The van der Waals surface area contributed by atoms with Crippen molar-refractivity contribution in [3.8, 4) is 0 Å². The highest BCUT2D eigenvalue weighted by molar-refractivity contribution is 6.04. The molecule has 0 radical (unpaired) electrons. The number of H-pyrrole nitrogens is 1.